The van der Waals surface area contributed by atoms with Crippen LogP contribution < -0.4 is 10.1 Å². The number of anilines is 1. The molecule has 0 atom stereocenters. The molecule has 19 heavy (non-hydrogen) atoms. The third kappa shape index (κ3) is 5.42. The summed E-state index contributed by atoms with van der Waals surface area (Å²) in [5.41, 5.74) is 0.547. The van der Waals surface area contributed by atoms with E-state index in [-0.39, 0.29) is 19.1 Å². The van der Waals surface area contributed by atoms with Crippen LogP contribution in [-0.2, 0) is 14.3 Å². The lowest BCUT2D eigenvalue weighted by Crippen LogP contribution is -2.19. The average Bonchev–Trinajstić information content (AvgIpc) is 2.31. The van der Waals surface area contributed by atoms with Crippen LogP contribution >= 0.6 is 0 Å². The maximum absolute atomic E-state index is 11.7. The number of carbonyl (C=O) groups is 2. The van der Waals surface area contributed by atoms with Gasteiger partial charge in [0.2, 0.25) is 5.91 Å². The summed E-state index contributed by atoms with van der Waals surface area (Å²) in [7, 11) is 0. The van der Waals surface area contributed by atoms with E-state index in [1.807, 2.05) is 19.9 Å². The highest BCUT2D eigenvalue weighted by atomic mass is 16.5. The Morgan fingerprint density at radius 2 is 1.95 bits per heavy atom. The van der Waals surface area contributed by atoms with Crippen LogP contribution in [0.3, 0.4) is 0 Å². The summed E-state index contributed by atoms with van der Waals surface area (Å²) in [6, 6.07) is 7.09. The summed E-state index contributed by atoms with van der Waals surface area (Å²) in [5, 5.41) is 2.64. The molecule has 0 fully saturated rings. The highest BCUT2D eigenvalue weighted by Gasteiger charge is 2.13. The second kappa shape index (κ2) is 7.41. The van der Waals surface area contributed by atoms with E-state index in [9.17, 15) is 9.59 Å². The van der Waals surface area contributed by atoms with Gasteiger partial charge in [-0.2, -0.15) is 0 Å². The molecule has 0 aliphatic heterocycles. The Labute approximate surface area is 112 Å². The van der Waals surface area contributed by atoms with Crippen LogP contribution in [0.1, 0.15) is 27.2 Å². The van der Waals surface area contributed by atoms with Crippen molar-refractivity contribution in [3.05, 3.63) is 24.3 Å². The van der Waals surface area contributed by atoms with Crippen LogP contribution in [0.2, 0.25) is 0 Å². The van der Waals surface area contributed by atoms with Crippen molar-refractivity contribution in [3.8, 4) is 5.75 Å². The Hall–Kier alpha value is -2.04. The van der Waals surface area contributed by atoms with E-state index in [1.165, 1.54) is 0 Å². The van der Waals surface area contributed by atoms with Crippen molar-refractivity contribution in [2.75, 3.05) is 11.9 Å². The zero-order valence-corrected chi connectivity index (χ0v) is 11.4. The first-order valence-electron chi connectivity index (χ1n) is 6.24. The molecule has 0 unspecified atom stereocenters. The van der Waals surface area contributed by atoms with Gasteiger partial charge in [-0.25, -0.2) is 0 Å². The SMILES string of the molecule is CCOC(=O)CC(=O)Nc1ccccc1OC(C)C. The van der Waals surface area contributed by atoms with Gasteiger partial charge in [-0.15, -0.1) is 0 Å². The maximum Gasteiger partial charge on any atom is 0.315 e. The molecule has 5 nitrogen and oxygen atoms in total. The summed E-state index contributed by atoms with van der Waals surface area (Å²) in [6.45, 7) is 5.76. The smallest absolute Gasteiger partial charge is 0.315 e. The zero-order chi connectivity index (χ0) is 14.3. The summed E-state index contributed by atoms with van der Waals surface area (Å²) in [6.07, 6.45) is -0.299. The fraction of sp³-hybridized carbons (Fsp3) is 0.429. The Morgan fingerprint density at radius 3 is 2.58 bits per heavy atom. The standard InChI is InChI=1S/C14H19NO4/c1-4-18-14(17)9-13(16)15-11-7-5-6-8-12(11)19-10(2)3/h5-8,10H,4,9H2,1-3H3,(H,15,16). The Kier molecular flexibility index (Phi) is 5.85. The first kappa shape index (κ1) is 15.0. The minimum Gasteiger partial charge on any atom is -0.489 e. The topological polar surface area (TPSA) is 64.6 Å². The fourth-order valence-electron chi connectivity index (χ4n) is 1.46. The minimum atomic E-state index is -0.540. The van der Waals surface area contributed by atoms with Crippen LogP contribution in [0, 0.1) is 0 Å². The molecule has 0 aliphatic carbocycles. The monoisotopic (exact) mass is 265 g/mol. The van der Waals surface area contributed by atoms with Gasteiger partial charge >= 0.3 is 5.97 Å². The summed E-state index contributed by atoms with van der Waals surface area (Å²) in [4.78, 5) is 22.9. The van der Waals surface area contributed by atoms with Gasteiger partial charge in [0.1, 0.15) is 12.2 Å². The lowest BCUT2D eigenvalue weighted by atomic mass is 10.2. The molecule has 0 saturated heterocycles. The number of carbonyl (C=O) groups excluding carboxylic acids is 2. The van der Waals surface area contributed by atoms with Crippen molar-refractivity contribution >= 4 is 17.6 Å². The van der Waals surface area contributed by atoms with Crippen molar-refractivity contribution < 1.29 is 19.1 Å². The van der Waals surface area contributed by atoms with Crippen molar-refractivity contribution in [1.29, 1.82) is 0 Å². The maximum atomic E-state index is 11.7. The van der Waals surface area contributed by atoms with E-state index in [0.717, 1.165) is 0 Å². The average molecular weight is 265 g/mol. The third-order valence-corrected chi connectivity index (χ3v) is 2.13. The lowest BCUT2D eigenvalue weighted by Gasteiger charge is -2.14. The van der Waals surface area contributed by atoms with Gasteiger partial charge in [-0.05, 0) is 32.9 Å². The normalized spacial score (nSPS) is 10.1. The van der Waals surface area contributed by atoms with Crippen LogP contribution in [-0.4, -0.2) is 24.6 Å². The zero-order valence-electron chi connectivity index (χ0n) is 11.4. The van der Waals surface area contributed by atoms with Crippen molar-refractivity contribution in [1.82, 2.24) is 0 Å². The molecule has 104 valence electrons. The van der Waals surface area contributed by atoms with Crippen LogP contribution in [0.4, 0.5) is 5.69 Å². The molecule has 0 radical (unpaired) electrons. The molecule has 1 rings (SSSR count). The van der Waals surface area contributed by atoms with E-state index < -0.39 is 11.9 Å². The number of para-hydroxylation sites is 2. The number of benzene rings is 1. The van der Waals surface area contributed by atoms with Gasteiger partial charge < -0.3 is 14.8 Å². The molecule has 0 aromatic heterocycles. The molecule has 1 amide bonds. The van der Waals surface area contributed by atoms with Crippen molar-refractivity contribution in [2.24, 2.45) is 0 Å². The number of rotatable bonds is 6. The first-order valence-corrected chi connectivity index (χ1v) is 6.24. The first-order chi connectivity index (χ1) is 9.02. The highest BCUT2D eigenvalue weighted by Crippen LogP contribution is 2.24. The molecular weight excluding hydrogens is 246 g/mol. The third-order valence-electron chi connectivity index (χ3n) is 2.13. The van der Waals surface area contributed by atoms with E-state index in [4.69, 9.17) is 9.47 Å². The Morgan fingerprint density at radius 1 is 1.26 bits per heavy atom. The van der Waals surface area contributed by atoms with E-state index in [2.05, 4.69) is 5.32 Å². The quantitative estimate of drug-likeness (QED) is 0.633. The van der Waals surface area contributed by atoms with Gasteiger partial charge in [0.25, 0.3) is 0 Å². The van der Waals surface area contributed by atoms with Gasteiger partial charge in [0, 0.05) is 0 Å². The van der Waals surface area contributed by atoms with Crippen LogP contribution in [0.25, 0.3) is 0 Å². The number of esters is 1. The lowest BCUT2D eigenvalue weighted by molar-refractivity contribution is -0.145. The Bertz CT molecular complexity index is 443. The van der Waals surface area contributed by atoms with E-state index in [1.54, 1.807) is 25.1 Å². The second-order valence-electron chi connectivity index (χ2n) is 4.19. The molecule has 0 spiro atoms. The van der Waals surface area contributed by atoms with Crippen molar-refractivity contribution in [3.63, 3.8) is 0 Å². The number of hydrogen-bond donors (Lipinski definition) is 1. The van der Waals surface area contributed by atoms with Crippen molar-refractivity contribution in [2.45, 2.75) is 33.3 Å². The molecular formula is C14H19NO4. The number of hydrogen-bond acceptors (Lipinski definition) is 4. The fourth-order valence-corrected chi connectivity index (χ4v) is 1.46. The molecule has 5 heteroatoms. The number of ether oxygens (including phenoxy) is 2. The number of amides is 1. The summed E-state index contributed by atoms with van der Waals surface area (Å²) < 4.78 is 10.3. The predicted octanol–water partition coefficient (Wildman–Crippen LogP) is 2.37. The van der Waals surface area contributed by atoms with E-state index >= 15 is 0 Å². The highest BCUT2D eigenvalue weighted by molar-refractivity contribution is 6.02. The summed E-state index contributed by atoms with van der Waals surface area (Å²) in [5.74, 6) is -0.379. The Balaban J connectivity index is 2.65. The van der Waals surface area contributed by atoms with Crippen LogP contribution in [0.5, 0.6) is 5.75 Å². The molecule has 1 N–H and O–H groups in total. The molecule has 0 heterocycles. The molecule has 0 saturated carbocycles. The van der Waals surface area contributed by atoms with Crippen LogP contribution in [0.15, 0.2) is 24.3 Å². The molecule has 0 aliphatic rings. The predicted molar refractivity (Wildman–Crippen MR) is 72.1 cm³/mol. The summed E-state index contributed by atoms with van der Waals surface area (Å²) >= 11 is 0. The number of nitrogens with one attached hydrogen (secondary N) is 1. The molecule has 1 aromatic rings. The second-order valence-corrected chi connectivity index (χ2v) is 4.19. The minimum absolute atomic E-state index is 0.00288. The van der Waals surface area contributed by atoms with Gasteiger partial charge in [-0.1, -0.05) is 12.1 Å². The van der Waals surface area contributed by atoms with Gasteiger partial charge in [-0.3, -0.25) is 9.59 Å². The molecule has 0 bridgehead atoms. The van der Waals surface area contributed by atoms with E-state index in [0.29, 0.717) is 11.4 Å². The van der Waals surface area contributed by atoms with Gasteiger partial charge in [0.05, 0.1) is 18.4 Å². The molecule has 1 aromatic carbocycles. The largest absolute Gasteiger partial charge is 0.489 e. The van der Waals surface area contributed by atoms with Gasteiger partial charge in [0.15, 0.2) is 0 Å².